The predicted molar refractivity (Wildman–Crippen MR) is 160 cm³/mol. The molecule has 1 unspecified atom stereocenters. The van der Waals surface area contributed by atoms with Crippen molar-refractivity contribution >= 4 is 39.4 Å². The summed E-state index contributed by atoms with van der Waals surface area (Å²) in [5.41, 5.74) is 2.22. The van der Waals surface area contributed by atoms with E-state index in [9.17, 15) is 9.59 Å². The highest BCUT2D eigenvalue weighted by molar-refractivity contribution is 9.10. The van der Waals surface area contributed by atoms with Gasteiger partial charge in [-0.15, -0.1) is 0 Å². The number of nitrogens with zero attached hydrogens (tertiary/aromatic N) is 5. The molecule has 5 rings (SSSR count). The van der Waals surface area contributed by atoms with E-state index < -0.39 is 6.04 Å². The number of hydrogen-bond donors (Lipinski definition) is 2. The van der Waals surface area contributed by atoms with Gasteiger partial charge in [-0.05, 0) is 96.2 Å². The molecule has 2 N–H and O–H groups in total. The first-order chi connectivity index (χ1) is 20.4. The van der Waals surface area contributed by atoms with Crippen LogP contribution >= 0.6 is 15.9 Å². The van der Waals surface area contributed by atoms with E-state index in [0.29, 0.717) is 63.4 Å². The number of tetrazole rings is 1. The summed E-state index contributed by atoms with van der Waals surface area (Å²) in [6.45, 7) is 7.77. The minimum atomic E-state index is -0.699. The molecule has 0 bridgehead atoms. The third kappa shape index (κ3) is 6.20. The number of ether oxygens (including phenoxy) is 3. The average molecular weight is 641 g/mol. The third-order valence-electron chi connectivity index (χ3n) is 7.09. The molecule has 2 aromatic carbocycles. The second kappa shape index (κ2) is 13.2. The molecule has 0 spiro atoms. The Hall–Kier alpha value is -4.13. The van der Waals surface area contributed by atoms with Crippen molar-refractivity contribution in [1.29, 1.82) is 0 Å². The number of rotatable bonds is 10. The van der Waals surface area contributed by atoms with Crippen LogP contribution in [0.2, 0.25) is 0 Å². The van der Waals surface area contributed by atoms with Gasteiger partial charge in [0.1, 0.15) is 11.8 Å². The molecule has 13 heteroatoms. The number of fused-ring (bicyclic) bond motifs is 1. The number of allylic oxidation sites excluding steroid dienone is 1. The summed E-state index contributed by atoms with van der Waals surface area (Å²) in [4.78, 5) is 28.5. The van der Waals surface area contributed by atoms with E-state index in [1.165, 1.54) is 0 Å². The SMILES string of the molecule is CCOc1ccccc1NC(=O)C1=C(C)Nc2nnnn2C1c1cc(Br)c(OCC(=O)N2CCCCC2)c(OCC)c1. The fourth-order valence-electron chi connectivity index (χ4n) is 5.17. The van der Waals surface area contributed by atoms with Crippen molar-refractivity contribution in [2.75, 3.05) is 43.5 Å². The molecule has 1 saturated heterocycles. The Morgan fingerprint density at radius 2 is 1.79 bits per heavy atom. The Labute approximate surface area is 252 Å². The van der Waals surface area contributed by atoms with Crippen molar-refractivity contribution in [3.8, 4) is 17.2 Å². The van der Waals surface area contributed by atoms with Crippen LogP contribution in [-0.4, -0.2) is 69.8 Å². The monoisotopic (exact) mass is 639 g/mol. The number of anilines is 2. The summed E-state index contributed by atoms with van der Waals surface area (Å²) in [7, 11) is 0. The maximum absolute atomic E-state index is 13.9. The topological polar surface area (TPSA) is 133 Å². The summed E-state index contributed by atoms with van der Waals surface area (Å²) < 4.78 is 19.8. The molecular weight excluding hydrogens is 606 g/mol. The van der Waals surface area contributed by atoms with Crippen LogP contribution in [0.15, 0.2) is 52.1 Å². The van der Waals surface area contributed by atoms with Gasteiger partial charge in [-0.25, -0.2) is 0 Å². The van der Waals surface area contributed by atoms with E-state index in [0.717, 1.165) is 32.4 Å². The largest absolute Gasteiger partial charge is 0.492 e. The molecule has 222 valence electrons. The van der Waals surface area contributed by atoms with E-state index >= 15 is 0 Å². The maximum atomic E-state index is 13.9. The lowest BCUT2D eigenvalue weighted by Crippen LogP contribution is -2.38. The van der Waals surface area contributed by atoms with Crippen molar-refractivity contribution < 1.29 is 23.8 Å². The molecule has 3 aromatic rings. The Bertz CT molecular complexity index is 1480. The number of piperidine rings is 1. The highest BCUT2D eigenvalue weighted by atomic mass is 79.9. The van der Waals surface area contributed by atoms with Gasteiger partial charge in [0.25, 0.3) is 11.8 Å². The van der Waals surface area contributed by atoms with Gasteiger partial charge in [0, 0.05) is 18.8 Å². The molecular formula is C29H34BrN7O5. The molecule has 0 saturated carbocycles. The van der Waals surface area contributed by atoms with E-state index in [2.05, 4.69) is 42.1 Å². The number of halogens is 1. The summed E-state index contributed by atoms with van der Waals surface area (Å²) in [5, 5.41) is 18.2. The van der Waals surface area contributed by atoms with Crippen LogP contribution < -0.4 is 24.8 Å². The number of amides is 2. The number of likely N-dealkylation sites (tertiary alicyclic amines) is 1. The van der Waals surface area contributed by atoms with Gasteiger partial charge in [-0.2, -0.15) is 4.68 Å². The fourth-order valence-corrected chi connectivity index (χ4v) is 5.75. The summed E-state index contributed by atoms with van der Waals surface area (Å²) >= 11 is 3.62. The lowest BCUT2D eigenvalue weighted by atomic mass is 9.94. The fraction of sp³-hybridized carbons (Fsp3) is 0.414. The summed E-state index contributed by atoms with van der Waals surface area (Å²) in [5.74, 6) is 1.39. The molecule has 42 heavy (non-hydrogen) atoms. The van der Waals surface area contributed by atoms with Gasteiger partial charge in [0.2, 0.25) is 5.95 Å². The van der Waals surface area contributed by atoms with Gasteiger partial charge in [0.15, 0.2) is 18.1 Å². The third-order valence-corrected chi connectivity index (χ3v) is 7.68. The highest BCUT2D eigenvalue weighted by Crippen LogP contribution is 2.43. The zero-order valence-electron chi connectivity index (χ0n) is 23.9. The Morgan fingerprint density at radius 1 is 1.05 bits per heavy atom. The van der Waals surface area contributed by atoms with Gasteiger partial charge < -0.3 is 29.7 Å². The minimum Gasteiger partial charge on any atom is -0.492 e. The quantitative estimate of drug-likeness (QED) is 0.328. The predicted octanol–water partition coefficient (Wildman–Crippen LogP) is 4.55. The number of para-hydroxylation sites is 2. The Balaban J connectivity index is 1.48. The zero-order chi connectivity index (χ0) is 29.6. The average Bonchev–Trinajstić information content (AvgIpc) is 3.45. The molecule has 3 heterocycles. The normalized spacial score (nSPS) is 16.4. The van der Waals surface area contributed by atoms with Crippen molar-refractivity contribution in [1.82, 2.24) is 25.1 Å². The van der Waals surface area contributed by atoms with Gasteiger partial charge >= 0.3 is 0 Å². The summed E-state index contributed by atoms with van der Waals surface area (Å²) in [6, 6.07) is 10.2. The first kappa shape index (κ1) is 29.4. The maximum Gasteiger partial charge on any atom is 0.260 e. The molecule has 0 aliphatic carbocycles. The van der Waals surface area contributed by atoms with Gasteiger partial charge in [-0.1, -0.05) is 17.2 Å². The number of carbonyl (C=O) groups is 2. The van der Waals surface area contributed by atoms with E-state index in [1.54, 1.807) is 29.8 Å². The Morgan fingerprint density at radius 3 is 2.55 bits per heavy atom. The van der Waals surface area contributed by atoms with Crippen LogP contribution in [0.4, 0.5) is 11.6 Å². The van der Waals surface area contributed by atoms with Crippen LogP contribution in [-0.2, 0) is 9.59 Å². The van der Waals surface area contributed by atoms with Crippen molar-refractivity contribution in [2.45, 2.75) is 46.1 Å². The molecule has 0 radical (unpaired) electrons. The van der Waals surface area contributed by atoms with E-state index in [4.69, 9.17) is 14.2 Å². The number of nitrogens with one attached hydrogen (secondary N) is 2. The number of carbonyl (C=O) groups excluding carboxylic acids is 2. The lowest BCUT2D eigenvalue weighted by molar-refractivity contribution is -0.134. The molecule has 1 fully saturated rings. The van der Waals surface area contributed by atoms with Crippen LogP contribution in [0, 0.1) is 0 Å². The number of benzene rings is 2. The Kier molecular flexibility index (Phi) is 9.25. The molecule has 2 aliphatic rings. The van der Waals surface area contributed by atoms with Crippen molar-refractivity contribution in [3.63, 3.8) is 0 Å². The number of hydrogen-bond acceptors (Lipinski definition) is 9. The molecule has 1 aromatic heterocycles. The second-order valence-corrected chi connectivity index (χ2v) is 10.7. The van der Waals surface area contributed by atoms with Crippen LogP contribution in [0.25, 0.3) is 0 Å². The van der Waals surface area contributed by atoms with Gasteiger partial charge in [0.05, 0.1) is 28.9 Å². The van der Waals surface area contributed by atoms with Gasteiger partial charge in [-0.3, -0.25) is 9.59 Å². The first-order valence-corrected chi connectivity index (χ1v) is 14.9. The molecule has 1 atom stereocenters. The zero-order valence-corrected chi connectivity index (χ0v) is 25.4. The van der Waals surface area contributed by atoms with Crippen LogP contribution in [0.3, 0.4) is 0 Å². The lowest BCUT2D eigenvalue weighted by Gasteiger charge is -2.29. The molecule has 2 aliphatic heterocycles. The first-order valence-electron chi connectivity index (χ1n) is 14.1. The van der Waals surface area contributed by atoms with Crippen LogP contribution in [0.5, 0.6) is 17.2 Å². The minimum absolute atomic E-state index is 0.0605. The van der Waals surface area contributed by atoms with Crippen molar-refractivity contribution in [2.24, 2.45) is 0 Å². The second-order valence-electron chi connectivity index (χ2n) is 9.89. The number of aromatic nitrogens is 4. The van der Waals surface area contributed by atoms with Crippen LogP contribution in [0.1, 0.15) is 51.6 Å². The standard InChI is InChI=1S/C29H34BrN7O5/c1-4-40-22-12-8-7-11-21(22)32-28(39)25-18(3)31-29-33-34-35-37(29)26(25)19-15-20(30)27(23(16-19)41-5-2)42-17-24(38)36-13-9-6-10-14-36/h7-8,11-12,15-16,26H,4-6,9-10,13-14,17H2,1-3H3,(H,32,39)(H,31,33,35). The van der Waals surface area contributed by atoms with Crippen molar-refractivity contribution in [3.05, 3.63) is 57.7 Å². The molecule has 2 amide bonds. The van der Waals surface area contributed by atoms with E-state index in [1.807, 2.05) is 36.9 Å². The highest BCUT2D eigenvalue weighted by Gasteiger charge is 2.35. The van der Waals surface area contributed by atoms with E-state index in [-0.39, 0.29) is 18.4 Å². The summed E-state index contributed by atoms with van der Waals surface area (Å²) in [6.07, 6.45) is 3.15. The molecule has 12 nitrogen and oxygen atoms in total. The smallest absolute Gasteiger partial charge is 0.260 e.